The summed E-state index contributed by atoms with van der Waals surface area (Å²) < 4.78 is 17.6. The lowest BCUT2D eigenvalue weighted by molar-refractivity contribution is 0.389. The van der Waals surface area contributed by atoms with E-state index in [0.29, 0.717) is 24.1 Å². The zero-order chi connectivity index (χ0) is 24.6. The number of alkyl halides is 1. The molecular formula is C25H30IN5O4. The van der Waals surface area contributed by atoms with Crippen LogP contribution in [0.4, 0.5) is 17.6 Å². The average Bonchev–Trinajstić information content (AvgIpc) is 3.13. The Bertz CT molecular complexity index is 1190. The van der Waals surface area contributed by atoms with Crippen molar-refractivity contribution in [2.75, 3.05) is 17.7 Å². The number of methoxy groups -OCH3 is 1. The molecule has 186 valence electrons. The van der Waals surface area contributed by atoms with Gasteiger partial charge in [0.25, 0.3) is 0 Å². The zero-order valence-corrected chi connectivity index (χ0v) is 22.1. The molecular weight excluding hydrogens is 561 g/mol. The molecule has 35 heavy (non-hydrogen) atoms. The van der Waals surface area contributed by atoms with Crippen molar-refractivity contribution < 1.29 is 13.9 Å². The molecule has 10 heteroatoms. The Kier molecular flexibility index (Phi) is 8.78. The molecule has 0 atom stereocenters. The van der Waals surface area contributed by atoms with Crippen molar-refractivity contribution in [2.45, 2.75) is 62.3 Å². The van der Waals surface area contributed by atoms with Crippen molar-refractivity contribution >= 4 is 40.2 Å². The number of nitrogens with one attached hydrogen (secondary N) is 2. The van der Waals surface area contributed by atoms with Gasteiger partial charge in [0.05, 0.1) is 13.4 Å². The smallest absolute Gasteiger partial charge is 0.328 e. The monoisotopic (exact) mass is 591 g/mol. The van der Waals surface area contributed by atoms with Gasteiger partial charge in [0, 0.05) is 34.2 Å². The van der Waals surface area contributed by atoms with Crippen LogP contribution in [0.2, 0.25) is 0 Å². The fourth-order valence-electron chi connectivity index (χ4n) is 4.11. The molecule has 0 spiro atoms. The summed E-state index contributed by atoms with van der Waals surface area (Å²) in [5.74, 6) is 2.07. The van der Waals surface area contributed by atoms with Gasteiger partial charge < -0.3 is 24.5 Å². The predicted molar refractivity (Wildman–Crippen MR) is 143 cm³/mol. The molecule has 0 bridgehead atoms. The zero-order valence-electron chi connectivity index (χ0n) is 20.0. The Morgan fingerprint density at radius 1 is 1.09 bits per heavy atom. The molecule has 0 saturated heterocycles. The molecule has 0 amide bonds. The van der Waals surface area contributed by atoms with Crippen LogP contribution in [0.25, 0.3) is 0 Å². The first-order valence-electron chi connectivity index (χ1n) is 11.9. The fraction of sp³-hybridized carbons (Fsp3) is 0.440. The van der Waals surface area contributed by atoms with Gasteiger partial charge in [-0.05, 0) is 31.0 Å². The van der Waals surface area contributed by atoms with Gasteiger partial charge in [0.2, 0.25) is 23.1 Å². The maximum absolute atomic E-state index is 12.5. The lowest BCUT2D eigenvalue weighted by atomic mass is 10.1. The van der Waals surface area contributed by atoms with Crippen LogP contribution in [-0.4, -0.2) is 28.1 Å². The van der Waals surface area contributed by atoms with Gasteiger partial charge in [-0.25, -0.2) is 0 Å². The topological polar surface area (TPSA) is 111 Å². The van der Waals surface area contributed by atoms with Crippen molar-refractivity contribution in [1.82, 2.24) is 15.0 Å². The summed E-state index contributed by atoms with van der Waals surface area (Å²) in [5, 5.41) is 6.70. The average molecular weight is 591 g/mol. The van der Waals surface area contributed by atoms with E-state index in [-0.39, 0.29) is 23.2 Å². The van der Waals surface area contributed by atoms with Crippen molar-refractivity contribution in [1.29, 1.82) is 0 Å². The standard InChI is InChI=1S/C25H30IN5O4/c1-3-20-22(19(32)12-13-34-20)35-25-30-23(27-17-8-6-4-5-7-9-17)29-24(31-25)28-18-10-11-21(33-2)16(14-18)15-26/h10-14,17H,3-9,15H2,1-2H3,(H2,27,28,29,30,31). The van der Waals surface area contributed by atoms with E-state index >= 15 is 0 Å². The van der Waals surface area contributed by atoms with E-state index in [9.17, 15) is 4.79 Å². The van der Waals surface area contributed by atoms with E-state index in [0.717, 1.165) is 34.3 Å². The summed E-state index contributed by atoms with van der Waals surface area (Å²) in [7, 11) is 1.66. The Morgan fingerprint density at radius 2 is 1.86 bits per heavy atom. The number of anilines is 3. The maximum Gasteiger partial charge on any atom is 0.328 e. The molecule has 4 rings (SSSR count). The quantitative estimate of drug-likeness (QED) is 0.176. The number of rotatable bonds is 9. The van der Waals surface area contributed by atoms with Crippen LogP contribution >= 0.6 is 22.6 Å². The van der Waals surface area contributed by atoms with Crippen LogP contribution in [0.1, 0.15) is 56.8 Å². The highest BCUT2D eigenvalue weighted by atomic mass is 127. The number of hydrogen-bond donors (Lipinski definition) is 2. The van der Waals surface area contributed by atoms with Gasteiger partial charge >= 0.3 is 6.01 Å². The first kappa shape index (κ1) is 25.2. The molecule has 9 nitrogen and oxygen atoms in total. The Morgan fingerprint density at radius 3 is 2.57 bits per heavy atom. The van der Waals surface area contributed by atoms with Gasteiger partial charge in [-0.3, -0.25) is 4.79 Å². The van der Waals surface area contributed by atoms with Gasteiger partial charge in [-0.2, -0.15) is 15.0 Å². The van der Waals surface area contributed by atoms with Crippen LogP contribution in [-0.2, 0) is 10.8 Å². The second-order valence-electron chi connectivity index (χ2n) is 8.38. The SMILES string of the molecule is CCc1occc(=O)c1Oc1nc(Nc2ccc(OC)c(CI)c2)nc(NC2CCCCCC2)n1. The summed E-state index contributed by atoms with van der Waals surface area (Å²) in [6, 6.07) is 7.42. The third kappa shape index (κ3) is 6.62. The maximum atomic E-state index is 12.5. The Labute approximate surface area is 218 Å². The molecule has 1 saturated carbocycles. The van der Waals surface area contributed by atoms with Crippen LogP contribution in [0.5, 0.6) is 17.5 Å². The second-order valence-corrected chi connectivity index (χ2v) is 9.14. The predicted octanol–water partition coefficient (Wildman–Crippen LogP) is 6.00. The van der Waals surface area contributed by atoms with Gasteiger partial charge in [-0.1, -0.05) is 55.2 Å². The van der Waals surface area contributed by atoms with E-state index < -0.39 is 0 Å². The minimum Gasteiger partial charge on any atom is -0.496 e. The molecule has 1 aliphatic rings. The third-order valence-corrected chi connectivity index (χ3v) is 6.73. The second kappa shape index (κ2) is 12.2. The van der Waals surface area contributed by atoms with Gasteiger partial charge in [0.1, 0.15) is 11.5 Å². The number of hydrogen-bond acceptors (Lipinski definition) is 9. The highest BCUT2D eigenvalue weighted by Crippen LogP contribution is 2.28. The fourth-order valence-corrected chi connectivity index (χ4v) is 4.70. The van der Waals surface area contributed by atoms with E-state index in [1.165, 1.54) is 38.0 Å². The lowest BCUT2D eigenvalue weighted by Crippen LogP contribution is -2.21. The van der Waals surface area contributed by atoms with E-state index in [1.54, 1.807) is 7.11 Å². The number of aromatic nitrogens is 3. The normalized spacial score (nSPS) is 14.3. The Balaban J connectivity index is 1.66. The molecule has 2 N–H and O–H groups in total. The highest BCUT2D eigenvalue weighted by molar-refractivity contribution is 14.1. The molecule has 2 heterocycles. The highest BCUT2D eigenvalue weighted by Gasteiger charge is 2.18. The number of halogens is 1. The van der Waals surface area contributed by atoms with Crippen LogP contribution in [0.3, 0.4) is 0 Å². The van der Waals surface area contributed by atoms with E-state index in [4.69, 9.17) is 13.9 Å². The third-order valence-electron chi connectivity index (χ3n) is 5.91. The summed E-state index contributed by atoms with van der Waals surface area (Å²) in [5.41, 5.74) is 1.57. The van der Waals surface area contributed by atoms with Gasteiger partial charge in [-0.15, -0.1) is 0 Å². The first-order valence-corrected chi connectivity index (χ1v) is 13.4. The summed E-state index contributed by atoms with van der Waals surface area (Å²) in [6.45, 7) is 1.89. The molecule has 3 aromatic rings. The summed E-state index contributed by atoms with van der Waals surface area (Å²) >= 11 is 2.30. The van der Waals surface area contributed by atoms with Crippen LogP contribution in [0, 0.1) is 0 Å². The minimum absolute atomic E-state index is 0.0226. The molecule has 1 aliphatic carbocycles. The lowest BCUT2D eigenvalue weighted by Gasteiger charge is -2.17. The van der Waals surface area contributed by atoms with Crippen molar-refractivity contribution in [3.05, 3.63) is 52.1 Å². The molecule has 1 aromatic carbocycles. The largest absolute Gasteiger partial charge is 0.496 e. The first-order chi connectivity index (χ1) is 17.1. The van der Waals surface area contributed by atoms with Gasteiger partial charge in [0.15, 0.2) is 0 Å². The summed E-state index contributed by atoms with van der Waals surface area (Å²) in [6.07, 6.45) is 8.82. The minimum atomic E-state index is -0.289. The van der Waals surface area contributed by atoms with E-state index in [2.05, 4.69) is 48.2 Å². The van der Waals surface area contributed by atoms with Crippen molar-refractivity contribution in [2.24, 2.45) is 0 Å². The van der Waals surface area contributed by atoms with E-state index in [1.807, 2.05) is 25.1 Å². The number of ether oxygens (including phenoxy) is 2. The van der Waals surface area contributed by atoms with Crippen LogP contribution in [0.15, 0.2) is 39.7 Å². The molecule has 2 aromatic heterocycles. The van der Waals surface area contributed by atoms with Crippen LogP contribution < -0.4 is 25.5 Å². The number of aryl methyl sites for hydroxylation is 1. The number of benzene rings is 1. The number of nitrogens with zero attached hydrogens (tertiary/aromatic N) is 3. The van der Waals surface area contributed by atoms with Crippen molar-refractivity contribution in [3.63, 3.8) is 0 Å². The molecule has 0 aliphatic heterocycles. The van der Waals surface area contributed by atoms with Crippen molar-refractivity contribution in [3.8, 4) is 17.5 Å². The molecule has 0 radical (unpaired) electrons. The summed E-state index contributed by atoms with van der Waals surface area (Å²) in [4.78, 5) is 26.0. The molecule has 0 unspecified atom stereocenters. The molecule has 1 fully saturated rings. The Hall–Kier alpha value is -2.89.